The molecule has 0 aliphatic carbocycles. The van der Waals surface area contributed by atoms with Crippen molar-refractivity contribution in [3.63, 3.8) is 0 Å². The van der Waals surface area contributed by atoms with Gasteiger partial charge >= 0.3 is 0 Å². The van der Waals surface area contributed by atoms with E-state index in [4.69, 9.17) is 14.6 Å². The number of hydrogen-bond donors (Lipinski definition) is 1. The minimum Gasteiger partial charge on any atom is -0.491 e. The van der Waals surface area contributed by atoms with E-state index in [0.29, 0.717) is 19.0 Å². The van der Waals surface area contributed by atoms with Crippen molar-refractivity contribution in [2.75, 3.05) is 19.8 Å². The van der Waals surface area contributed by atoms with Gasteiger partial charge in [-0.05, 0) is 24.6 Å². The number of ether oxygens (including phenoxy) is 2. The zero-order valence-electron chi connectivity index (χ0n) is 9.41. The average molecular weight is 289 g/mol. The molecule has 1 aromatic rings. The van der Waals surface area contributed by atoms with Crippen LogP contribution in [0, 0.1) is 0 Å². The molecule has 0 aliphatic rings. The quantitative estimate of drug-likeness (QED) is 0.784. The van der Waals surface area contributed by atoms with Gasteiger partial charge in [-0.1, -0.05) is 22.9 Å². The Kier molecular flexibility index (Phi) is 6.45. The van der Waals surface area contributed by atoms with Crippen LogP contribution in [0.25, 0.3) is 0 Å². The molecule has 0 aromatic heterocycles. The van der Waals surface area contributed by atoms with Crippen LogP contribution in [-0.4, -0.2) is 24.9 Å². The number of benzene rings is 1. The molecule has 1 rings (SSSR count). The van der Waals surface area contributed by atoms with E-state index in [2.05, 4.69) is 22.9 Å². The first-order valence-corrected chi connectivity index (χ1v) is 6.17. The van der Waals surface area contributed by atoms with Crippen LogP contribution in [0.2, 0.25) is 0 Å². The molecule has 0 amide bonds. The smallest absolute Gasteiger partial charge is 0.125 e. The monoisotopic (exact) mass is 288 g/mol. The van der Waals surface area contributed by atoms with E-state index in [0.717, 1.165) is 23.1 Å². The molecule has 90 valence electrons. The molecule has 0 fully saturated rings. The van der Waals surface area contributed by atoms with Crippen LogP contribution in [0.4, 0.5) is 0 Å². The van der Waals surface area contributed by atoms with E-state index in [9.17, 15) is 0 Å². The summed E-state index contributed by atoms with van der Waals surface area (Å²) in [6, 6.07) is 5.58. The minimum absolute atomic E-state index is 0.0232. The molecule has 3 nitrogen and oxygen atoms in total. The number of halogens is 1. The molecule has 0 bridgehead atoms. The third-order valence-electron chi connectivity index (χ3n) is 2.03. The fourth-order valence-electron chi connectivity index (χ4n) is 1.27. The molecule has 0 heterocycles. The lowest BCUT2D eigenvalue weighted by molar-refractivity contribution is 0.0996. The standard InChI is InChI=1S/C12H17BrO3/c1-2-5-15-6-7-16-12-4-3-11(13)8-10(12)9-14/h3-4,8,14H,2,5-7,9H2,1H3. The van der Waals surface area contributed by atoms with Crippen LogP contribution in [0.15, 0.2) is 22.7 Å². The highest BCUT2D eigenvalue weighted by atomic mass is 79.9. The molecule has 1 aromatic carbocycles. The van der Waals surface area contributed by atoms with Crippen molar-refractivity contribution in [1.29, 1.82) is 0 Å². The first-order chi connectivity index (χ1) is 7.77. The number of rotatable bonds is 7. The predicted molar refractivity (Wildman–Crippen MR) is 66.7 cm³/mol. The van der Waals surface area contributed by atoms with E-state index < -0.39 is 0 Å². The third-order valence-corrected chi connectivity index (χ3v) is 2.52. The largest absolute Gasteiger partial charge is 0.491 e. The second kappa shape index (κ2) is 7.65. The average Bonchev–Trinajstić information content (AvgIpc) is 2.30. The van der Waals surface area contributed by atoms with Crippen molar-refractivity contribution in [3.05, 3.63) is 28.2 Å². The van der Waals surface area contributed by atoms with Crippen molar-refractivity contribution in [1.82, 2.24) is 0 Å². The normalized spacial score (nSPS) is 10.4. The van der Waals surface area contributed by atoms with E-state index in [1.807, 2.05) is 18.2 Å². The molecular weight excluding hydrogens is 272 g/mol. The van der Waals surface area contributed by atoms with Gasteiger partial charge in [-0.25, -0.2) is 0 Å². The lowest BCUT2D eigenvalue weighted by atomic mass is 10.2. The summed E-state index contributed by atoms with van der Waals surface area (Å²) in [5.41, 5.74) is 0.782. The second-order valence-electron chi connectivity index (χ2n) is 3.37. The molecule has 0 atom stereocenters. The van der Waals surface area contributed by atoms with Crippen molar-refractivity contribution in [3.8, 4) is 5.75 Å². The Bertz CT molecular complexity index is 315. The van der Waals surface area contributed by atoms with Crippen LogP contribution >= 0.6 is 15.9 Å². The van der Waals surface area contributed by atoms with Crippen LogP contribution in [0.1, 0.15) is 18.9 Å². The summed E-state index contributed by atoms with van der Waals surface area (Å²) < 4.78 is 11.8. The molecule has 4 heteroatoms. The van der Waals surface area contributed by atoms with Gasteiger partial charge in [-0.2, -0.15) is 0 Å². The topological polar surface area (TPSA) is 38.7 Å². The molecule has 0 aliphatic heterocycles. The van der Waals surface area contributed by atoms with Crippen molar-refractivity contribution in [2.45, 2.75) is 20.0 Å². The summed E-state index contributed by atoms with van der Waals surface area (Å²) >= 11 is 3.35. The summed E-state index contributed by atoms with van der Waals surface area (Å²) in [6.45, 7) is 3.89. The Labute approximate surface area is 105 Å². The van der Waals surface area contributed by atoms with Gasteiger partial charge in [-0.3, -0.25) is 0 Å². The molecule has 0 saturated carbocycles. The molecular formula is C12H17BrO3. The molecule has 0 spiro atoms. The second-order valence-corrected chi connectivity index (χ2v) is 4.29. The summed E-state index contributed by atoms with van der Waals surface area (Å²) in [5.74, 6) is 0.714. The lowest BCUT2D eigenvalue weighted by Crippen LogP contribution is -2.08. The molecule has 0 unspecified atom stereocenters. The van der Waals surface area contributed by atoms with Crippen LogP contribution in [0.3, 0.4) is 0 Å². The number of hydrogen-bond acceptors (Lipinski definition) is 3. The van der Waals surface area contributed by atoms with Crippen LogP contribution < -0.4 is 4.74 Å². The first kappa shape index (κ1) is 13.5. The highest BCUT2D eigenvalue weighted by Crippen LogP contribution is 2.23. The lowest BCUT2D eigenvalue weighted by Gasteiger charge is -2.10. The Hall–Kier alpha value is -0.580. The summed E-state index contributed by atoms with van der Waals surface area (Å²) in [4.78, 5) is 0. The Morgan fingerprint density at radius 3 is 2.75 bits per heavy atom. The minimum atomic E-state index is -0.0232. The van der Waals surface area contributed by atoms with E-state index in [1.165, 1.54) is 0 Å². The fourth-order valence-corrected chi connectivity index (χ4v) is 1.68. The van der Waals surface area contributed by atoms with Crippen LogP contribution in [-0.2, 0) is 11.3 Å². The van der Waals surface area contributed by atoms with Crippen molar-refractivity contribution in [2.24, 2.45) is 0 Å². The van der Waals surface area contributed by atoms with Gasteiger partial charge in [0, 0.05) is 16.6 Å². The summed E-state index contributed by atoms with van der Waals surface area (Å²) in [5, 5.41) is 9.15. The van der Waals surface area contributed by atoms with Crippen LogP contribution in [0.5, 0.6) is 5.75 Å². The van der Waals surface area contributed by atoms with Gasteiger partial charge in [0.15, 0.2) is 0 Å². The van der Waals surface area contributed by atoms with Gasteiger partial charge in [0.2, 0.25) is 0 Å². The van der Waals surface area contributed by atoms with Crippen molar-refractivity contribution < 1.29 is 14.6 Å². The maximum Gasteiger partial charge on any atom is 0.125 e. The Morgan fingerprint density at radius 1 is 1.25 bits per heavy atom. The SMILES string of the molecule is CCCOCCOc1ccc(Br)cc1CO. The summed E-state index contributed by atoms with van der Waals surface area (Å²) in [7, 11) is 0. The van der Waals surface area contributed by atoms with Gasteiger partial charge in [0.05, 0.1) is 13.2 Å². The first-order valence-electron chi connectivity index (χ1n) is 5.37. The zero-order chi connectivity index (χ0) is 11.8. The number of aliphatic hydroxyl groups excluding tert-OH is 1. The van der Waals surface area contributed by atoms with E-state index in [-0.39, 0.29) is 6.61 Å². The zero-order valence-corrected chi connectivity index (χ0v) is 11.0. The molecule has 0 saturated heterocycles. The van der Waals surface area contributed by atoms with Gasteiger partial charge in [0.25, 0.3) is 0 Å². The van der Waals surface area contributed by atoms with Gasteiger partial charge in [-0.15, -0.1) is 0 Å². The Balaban J connectivity index is 2.41. The van der Waals surface area contributed by atoms with Gasteiger partial charge in [0.1, 0.15) is 12.4 Å². The molecule has 0 radical (unpaired) electrons. The van der Waals surface area contributed by atoms with E-state index >= 15 is 0 Å². The van der Waals surface area contributed by atoms with Gasteiger partial charge < -0.3 is 14.6 Å². The maximum absolute atomic E-state index is 9.15. The fraction of sp³-hybridized carbons (Fsp3) is 0.500. The Morgan fingerprint density at radius 2 is 2.06 bits per heavy atom. The van der Waals surface area contributed by atoms with Crippen molar-refractivity contribution >= 4 is 15.9 Å². The highest BCUT2D eigenvalue weighted by molar-refractivity contribution is 9.10. The number of aliphatic hydroxyl groups is 1. The predicted octanol–water partition coefficient (Wildman–Crippen LogP) is 2.75. The van der Waals surface area contributed by atoms with E-state index in [1.54, 1.807) is 0 Å². The molecule has 1 N–H and O–H groups in total. The maximum atomic E-state index is 9.15. The third kappa shape index (κ3) is 4.51. The highest BCUT2D eigenvalue weighted by Gasteiger charge is 2.03. The summed E-state index contributed by atoms with van der Waals surface area (Å²) in [6.07, 6.45) is 1.01. The molecule has 16 heavy (non-hydrogen) atoms.